The van der Waals surface area contributed by atoms with E-state index in [0.717, 1.165) is 10.9 Å². The van der Waals surface area contributed by atoms with E-state index < -0.39 is 133 Å². The Morgan fingerprint density at radius 2 is 0.928 bits per heavy atom. The summed E-state index contributed by atoms with van der Waals surface area (Å²) in [4.78, 5) is 162. The molecule has 8 atom stereocenters. The Morgan fingerprint density at radius 3 is 1.41 bits per heavy atom. The highest BCUT2D eigenvalue weighted by Gasteiger charge is 2.36. The van der Waals surface area contributed by atoms with Crippen molar-refractivity contribution in [2.45, 2.75) is 100 Å². The number of imidazole rings is 1. The van der Waals surface area contributed by atoms with E-state index in [9.17, 15) is 57.8 Å². The summed E-state index contributed by atoms with van der Waals surface area (Å²) in [5.74, 6) is -10.2. The minimum absolute atomic E-state index is 0.00528. The molecule has 28 heteroatoms. The lowest BCUT2D eigenvalue weighted by Crippen LogP contribution is -2.61. The molecule has 0 aliphatic rings. The fourth-order valence-corrected chi connectivity index (χ4v) is 9.50. The third kappa shape index (κ3) is 18.5. The van der Waals surface area contributed by atoms with Crippen LogP contribution in [0.4, 0.5) is 0 Å². The number of hydrogen-bond acceptors (Lipinski definition) is 14. The van der Waals surface area contributed by atoms with Gasteiger partial charge < -0.3 is 79.8 Å². The Labute approximate surface area is 479 Å². The van der Waals surface area contributed by atoms with Crippen molar-refractivity contribution in [3.8, 4) is 0 Å². The summed E-state index contributed by atoms with van der Waals surface area (Å²) in [5.41, 5.74) is 20.4. The van der Waals surface area contributed by atoms with E-state index in [2.05, 4.69) is 62.5 Å². The molecule has 0 fully saturated rings. The van der Waals surface area contributed by atoms with Crippen molar-refractivity contribution < 1.29 is 57.8 Å². The molecule has 27 nitrogen and oxygen atoms in total. The number of hydrogen-bond donors (Lipinski definition) is 15. The number of aliphatic hydroxyl groups is 1. The van der Waals surface area contributed by atoms with Crippen LogP contribution >= 0.6 is 11.8 Å². The van der Waals surface area contributed by atoms with Gasteiger partial charge in [0.05, 0.1) is 25.8 Å². The van der Waals surface area contributed by atoms with Gasteiger partial charge in [-0.25, -0.2) is 4.98 Å². The summed E-state index contributed by atoms with van der Waals surface area (Å²) >= 11 is 1.32. The summed E-state index contributed by atoms with van der Waals surface area (Å²) in [5, 5.41) is 31.8. The standard InChI is InChI=1S/C55H67N15O12S/c1-29(72)63-40(18-30-10-4-3-5-11-30)50(77)70-45(27-71)55(82)69-44(23-47(57)74)54(81)67-42(21-33-26-59-28-62-33)52(79)66-41(20-32-25-61-37-15-9-7-13-35(32)37)51(78)64-38(16-17-83-2)49(76)68-43(22-46(56)73)53(80)65-39(48(58)75)19-31-24-60-36-14-8-6-12-34(31)36/h3-15,24-26,28,38-45,60-61,71H,16-23,27H2,1-2H3,(H2,56,73)(H2,57,74)(H2,58,75)(H,59,62)(H,63,72)(H,64,78)(H,65,80)(H,66,79)(H,67,81)(H,68,76)(H,69,82)(H,70,77). The highest BCUT2D eigenvalue weighted by Crippen LogP contribution is 2.21. The number of benzene rings is 3. The third-order valence-electron chi connectivity index (χ3n) is 13.2. The van der Waals surface area contributed by atoms with Gasteiger partial charge in [-0.2, -0.15) is 11.8 Å². The maximum Gasteiger partial charge on any atom is 0.245 e. The van der Waals surface area contributed by atoms with Crippen LogP contribution in [0.1, 0.15) is 48.6 Å². The number of primary amides is 3. The number of nitrogens with two attached hydrogens (primary N) is 3. The number of thioether (sulfide) groups is 1. The zero-order chi connectivity index (χ0) is 60.2. The first kappa shape index (κ1) is 62.6. The molecule has 0 aliphatic heterocycles. The van der Waals surface area contributed by atoms with Crippen LogP contribution in [0, 0.1) is 0 Å². The number of aromatic nitrogens is 4. The number of aromatic amines is 3. The second-order valence-electron chi connectivity index (χ2n) is 19.5. The van der Waals surface area contributed by atoms with Crippen LogP contribution in [-0.4, -0.2) is 157 Å². The number of H-pyrrole nitrogens is 3. The Bertz CT molecular complexity index is 3280. The first-order valence-corrected chi connectivity index (χ1v) is 27.6. The molecular formula is C55H67N15O12S. The minimum atomic E-state index is -1.82. The molecule has 0 spiro atoms. The molecule has 440 valence electrons. The molecule has 6 aromatic rings. The second kappa shape index (κ2) is 30.3. The highest BCUT2D eigenvalue weighted by atomic mass is 32.2. The Kier molecular flexibility index (Phi) is 22.9. The van der Waals surface area contributed by atoms with Gasteiger partial charge >= 0.3 is 0 Å². The van der Waals surface area contributed by atoms with Crippen molar-refractivity contribution in [1.82, 2.24) is 62.5 Å². The SMILES string of the molecule is CSCCC(NC(=O)C(Cc1c[nH]c2ccccc12)NC(=O)C(Cc1cnc[nH]1)NC(=O)C(CC(N)=O)NC(=O)C(CO)NC(=O)C(Cc1ccccc1)NC(C)=O)C(=O)NC(CC(N)=O)C(=O)NC(Cc1c[nH]c2ccccc12)C(N)=O. The largest absolute Gasteiger partial charge is 0.394 e. The van der Waals surface area contributed by atoms with Crippen molar-refractivity contribution in [2.24, 2.45) is 17.2 Å². The van der Waals surface area contributed by atoms with E-state index in [1.54, 1.807) is 79.3 Å². The monoisotopic (exact) mass is 1160 g/mol. The predicted molar refractivity (Wildman–Crippen MR) is 304 cm³/mol. The van der Waals surface area contributed by atoms with Gasteiger partial charge in [-0.15, -0.1) is 0 Å². The average Bonchev–Trinajstić information content (AvgIpc) is 4.42. The number of amides is 11. The normalized spacial score (nSPS) is 14.0. The molecule has 11 amide bonds. The molecule has 8 unspecified atom stereocenters. The van der Waals surface area contributed by atoms with E-state index in [1.165, 1.54) is 31.2 Å². The van der Waals surface area contributed by atoms with Crippen LogP contribution in [0.15, 0.2) is 104 Å². The third-order valence-corrected chi connectivity index (χ3v) is 13.9. The Morgan fingerprint density at radius 1 is 0.506 bits per heavy atom. The molecule has 3 heterocycles. The van der Waals surface area contributed by atoms with Gasteiger partial charge in [0.1, 0.15) is 48.3 Å². The van der Waals surface area contributed by atoms with E-state index in [4.69, 9.17) is 17.2 Å². The number of carbonyl (C=O) groups is 11. The molecule has 3 aromatic heterocycles. The number of nitrogens with one attached hydrogen (secondary N) is 11. The van der Waals surface area contributed by atoms with E-state index in [-0.39, 0.29) is 37.9 Å². The second-order valence-corrected chi connectivity index (χ2v) is 20.5. The van der Waals surface area contributed by atoms with Gasteiger partial charge in [0.15, 0.2) is 0 Å². The van der Waals surface area contributed by atoms with Crippen LogP contribution < -0.4 is 59.7 Å². The fraction of sp³-hybridized carbons (Fsp3) is 0.345. The van der Waals surface area contributed by atoms with Crippen molar-refractivity contribution >= 4 is 98.5 Å². The average molecular weight is 1160 g/mol. The number of carbonyl (C=O) groups excluding carboxylic acids is 11. The van der Waals surface area contributed by atoms with Crippen molar-refractivity contribution in [2.75, 3.05) is 18.6 Å². The number of aliphatic hydroxyl groups excluding tert-OH is 1. The van der Waals surface area contributed by atoms with Crippen LogP contribution in [-0.2, 0) is 78.4 Å². The smallest absolute Gasteiger partial charge is 0.245 e. The molecule has 6 rings (SSSR count). The number of nitrogens with zero attached hydrogens (tertiary/aromatic N) is 1. The van der Waals surface area contributed by atoms with E-state index in [1.807, 2.05) is 18.2 Å². The molecule has 0 bridgehead atoms. The van der Waals surface area contributed by atoms with Crippen molar-refractivity contribution in [3.05, 3.63) is 126 Å². The summed E-state index contributed by atoms with van der Waals surface area (Å²) in [6, 6.07) is 10.7. The van der Waals surface area contributed by atoms with E-state index in [0.29, 0.717) is 33.3 Å². The maximum atomic E-state index is 14.7. The van der Waals surface area contributed by atoms with Gasteiger partial charge in [0.2, 0.25) is 65.0 Å². The lowest BCUT2D eigenvalue weighted by atomic mass is 10.0. The van der Waals surface area contributed by atoms with Crippen molar-refractivity contribution in [3.63, 3.8) is 0 Å². The first-order chi connectivity index (χ1) is 39.7. The number of para-hydroxylation sites is 2. The summed E-state index contributed by atoms with van der Waals surface area (Å²) in [7, 11) is 0. The summed E-state index contributed by atoms with van der Waals surface area (Å²) < 4.78 is 0. The Balaban J connectivity index is 1.23. The predicted octanol–water partition coefficient (Wildman–Crippen LogP) is -2.48. The highest BCUT2D eigenvalue weighted by molar-refractivity contribution is 7.98. The van der Waals surface area contributed by atoms with Gasteiger partial charge in [-0.1, -0.05) is 66.7 Å². The zero-order valence-electron chi connectivity index (χ0n) is 45.3. The first-order valence-electron chi connectivity index (χ1n) is 26.2. The molecule has 0 saturated heterocycles. The minimum Gasteiger partial charge on any atom is -0.394 e. The number of rotatable bonds is 32. The molecule has 83 heavy (non-hydrogen) atoms. The van der Waals surface area contributed by atoms with Crippen LogP contribution in [0.5, 0.6) is 0 Å². The fourth-order valence-electron chi connectivity index (χ4n) is 9.03. The lowest BCUT2D eigenvalue weighted by molar-refractivity contribution is -0.136. The van der Waals surface area contributed by atoms with Gasteiger partial charge in [-0.3, -0.25) is 52.7 Å². The topological polar surface area (TPSA) is 443 Å². The summed E-state index contributed by atoms with van der Waals surface area (Å²) in [6.07, 6.45) is 5.47. The maximum absolute atomic E-state index is 14.7. The lowest BCUT2D eigenvalue weighted by Gasteiger charge is -2.27. The molecule has 0 radical (unpaired) electrons. The van der Waals surface area contributed by atoms with Crippen LogP contribution in [0.2, 0.25) is 0 Å². The Hall–Kier alpha value is -9.57. The van der Waals surface area contributed by atoms with Crippen LogP contribution in [0.3, 0.4) is 0 Å². The van der Waals surface area contributed by atoms with Gasteiger partial charge in [0, 0.05) is 78.7 Å². The molecule has 0 saturated carbocycles. The van der Waals surface area contributed by atoms with Crippen molar-refractivity contribution in [1.29, 1.82) is 0 Å². The quantitative estimate of drug-likeness (QED) is 0.0208. The molecular weight excluding hydrogens is 1090 g/mol. The molecule has 0 aliphatic carbocycles. The summed E-state index contributed by atoms with van der Waals surface area (Å²) in [6.45, 7) is 0.187. The van der Waals surface area contributed by atoms with Gasteiger partial charge in [-0.05, 0) is 47.3 Å². The van der Waals surface area contributed by atoms with E-state index >= 15 is 0 Å². The van der Waals surface area contributed by atoms with Gasteiger partial charge in [0.25, 0.3) is 0 Å². The van der Waals surface area contributed by atoms with Crippen LogP contribution in [0.25, 0.3) is 21.8 Å². The zero-order valence-corrected chi connectivity index (χ0v) is 46.1. The number of fused-ring (bicyclic) bond motifs is 2. The molecule has 18 N–H and O–H groups in total. The molecule has 3 aromatic carbocycles.